The Balaban J connectivity index is 1.55. The third kappa shape index (κ3) is 11.9. The van der Waals surface area contributed by atoms with E-state index in [9.17, 15) is 19.2 Å². The van der Waals surface area contributed by atoms with Crippen LogP contribution in [0.5, 0.6) is 0 Å². The van der Waals surface area contributed by atoms with Crippen molar-refractivity contribution in [2.75, 3.05) is 13.2 Å². The lowest BCUT2D eigenvalue weighted by molar-refractivity contribution is -0.141. The molecule has 2 fully saturated rings. The van der Waals surface area contributed by atoms with Gasteiger partial charge in [-0.05, 0) is 39.5 Å². The molecule has 0 saturated heterocycles. The summed E-state index contributed by atoms with van der Waals surface area (Å²) in [6.07, 6.45) is 12.8. The van der Waals surface area contributed by atoms with E-state index in [1.54, 1.807) is 13.8 Å². The summed E-state index contributed by atoms with van der Waals surface area (Å²) >= 11 is 0. The van der Waals surface area contributed by atoms with Crippen LogP contribution in [0.1, 0.15) is 78.1 Å². The van der Waals surface area contributed by atoms with Crippen LogP contribution in [0.2, 0.25) is 0 Å². The Morgan fingerprint density at radius 2 is 1.03 bits per heavy atom. The van der Waals surface area contributed by atoms with E-state index in [1.807, 2.05) is 0 Å². The van der Waals surface area contributed by atoms with Crippen LogP contribution in [0.4, 0.5) is 9.59 Å². The zero-order valence-corrected chi connectivity index (χ0v) is 20.4. The van der Waals surface area contributed by atoms with E-state index >= 15 is 0 Å². The fourth-order valence-corrected chi connectivity index (χ4v) is 4.13. The van der Waals surface area contributed by atoms with E-state index in [-0.39, 0.29) is 49.4 Å². The summed E-state index contributed by atoms with van der Waals surface area (Å²) in [7, 11) is 0. The Hall–Kier alpha value is -2.78. The number of urea groups is 2. The maximum atomic E-state index is 12.0. The van der Waals surface area contributed by atoms with Crippen molar-refractivity contribution in [3.63, 3.8) is 0 Å². The Bertz CT molecular complexity index is 644. The number of hydrogen-bond donors (Lipinski definition) is 4. The minimum Gasteiger partial charge on any atom is -0.460 e. The second-order valence-electron chi connectivity index (χ2n) is 9.30. The van der Waals surface area contributed by atoms with Gasteiger partial charge < -0.3 is 30.7 Å². The fraction of sp³-hybridized carbons (Fsp3) is 0.750. The molecule has 10 nitrogen and oxygen atoms in total. The van der Waals surface area contributed by atoms with Crippen LogP contribution >= 0.6 is 0 Å². The van der Waals surface area contributed by atoms with Crippen molar-refractivity contribution in [3.8, 4) is 0 Å². The van der Waals surface area contributed by atoms with Crippen LogP contribution in [-0.4, -0.2) is 61.4 Å². The Morgan fingerprint density at radius 1 is 0.676 bits per heavy atom. The summed E-state index contributed by atoms with van der Waals surface area (Å²) in [6, 6.07) is -0.906. The fourth-order valence-electron chi connectivity index (χ4n) is 4.13. The molecule has 4 N–H and O–H groups in total. The molecule has 10 heteroatoms. The van der Waals surface area contributed by atoms with Crippen LogP contribution in [0.15, 0.2) is 12.2 Å². The van der Waals surface area contributed by atoms with E-state index in [0.717, 1.165) is 63.5 Å². The van der Waals surface area contributed by atoms with Crippen molar-refractivity contribution in [2.24, 2.45) is 0 Å². The van der Waals surface area contributed by atoms with Crippen LogP contribution in [0, 0.1) is 0 Å². The highest BCUT2D eigenvalue weighted by Gasteiger charge is 2.18. The molecule has 0 aromatic rings. The van der Waals surface area contributed by atoms with Crippen LogP contribution < -0.4 is 21.3 Å². The third-order valence-electron chi connectivity index (χ3n) is 5.94. The van der Waals surface area contributed by atoms with Gasteiger partial charge in [-0.25, -0.2) is 19.2 Å². The van der Waals surface area contributed by atoms with Crippen molar-refractivity contribution in [1.29, 1.82) is 0 Å². The Kier molecular flexibility index (Phi) is 12.3. The number of hydrogen-bond acceptors (Lipinski definition) is 6. The molecular weight excluding hydrogens is 440 g/mol. The highest BCUT2D eigenvalue weighted by atomic mass is 16.5. The highest BCUT2D eigenvalue weighted by molar-refractivity contribution is 5.91. The average Bonchev–Trinajstić information content (AvgIpc) is 2.81. The maximum absolute atomic E-state index is 12.0. The molecule has 2 aliphatic rings. The van der Waals surface area contributed by atoms with Crippen LogP contribution in [-0.2, 0) is 19.1 Å². The van der Waals surface area contributed by atoms with Gasteiger partial charge >= 0.3 is 24.0 Å². The van der Waals surface area contributed by atoms with Gasteiger partial charge in [0.25, 0.3) is 0 Å². The van der Waals surface area contributed by atoms with Gasteiger partial charge in [-0.2, -0.15) is 0 Å². The van der Waals surface area contributed by atoms with Crippen molar-refractivity contribution in [2.45, 2.75) is 102 Å². The lowest BCUT2D eigenvalue weighted by atomic mass is 9.96. The monoisotopic (exact) mass is 480 g/mol. The second-order valence-corrected chi connectivity index (χ2v) is 9.30. The molecule has 0 aromatic heterocycles. The molecule has 4 amide bonds. The Morgan fingerprint density at radius 3 is 1.38 bits per heavy atom. The number of nitrogens with one attached hydrogen (secondary N) is 4. The summed E-state index contributed by atoms with van der Waals surface area (Å²) < 4.78 is 10.1. The normalized spacial score (nSPS) is 19.0. The average molecular weight is 481 g/mol. The van der Waals surface area contributed by atoms with E-state index in [4.69, 9.17) is 9.47 Å². The van der Waals surface area contributed by atoms with Gasteiger partial charge in [0.15, 0.2) is 0 Å². The lowest BCUT2D eigenvalue weighted by Crippen LogP contribution is -2.47. The van der Waals surface area contributed by atoms with Crippen molar-refractivity contribution >= 4 is 24.0 Å². The van der Waals surface area contributed by atoms with Crippen molar-refractivity contribution < 1.29 is 28.7 Å². The number of carbonyl (C=O) groups is 4. The molecule has 0 bridgehead atoms. The van der Waals surface area contributed by atoms with Gasteiger partial charge in [0.2, 0.25) is 0 Å². The molecule has 0 heterocycles. The zero-order valence-electron chi connectivity index (χ0n) is 20.4. The number of amides is 4. The van der Waals surface area contributed by atoms with E-state index in [2.05, 4.69) is 21.3 Å². The molecule has 0 aromatic carbocycles. The smallest absolute Gasteiger partial charge is 0.331 e. The molecule has 2 saturated carbocycles. The number of carbonyl (C=O) groups excluding carboxylic acids is 4. The zero-order chi connectivity index (χ0) is 24.8. The Labute approximate surface area is 202 Å². The maximum Gasteiger partial charge on any atom is 0.331 e. The minimum atomic E-state index is -0.712. The minimum absolute atomic E-state index is 0.0205. The molecule has 34 heavy (non-hydrogen) atoms. The number of ether oxygens (including phenoxy) is 2. The first-order valence-electron chi connectivity index (χ1n) is 12.5. The predicted molar refractivity (Wildman–Crippen MR) is 127 cm³/mol. The van der Waals surface area contributed by atoms with E-state index in [1.165, 1.54) is 12.8 Å². The topological polar surface area (TPSA) is 135 Å². The summed E-state index contributed by atoms with van der Waals surface area (Å²) in [6.45, 7) is 3.41. The van der Waals surface area contributed by atoms with Gasteiger partial charge in [-0.15, -0.1) is 0 Å². The van der Waals surface area contributed by atoms with Crippen molar-refractivity contribution in [1.82, 2.24) is 21.3 Å². The van der Waals surface area contributed by atoms with Gasteiger partial charge in [0.1, 0.15) is 13.2 Å². The molecule has 2 rings (SSSR count). The molecule has 0 radical (unpaired) electrons. The first kappa shape index (κ1) is 27.5. The summed E-state index contributed by atoms with van der Waals surface area (Å²) in [5.41, 5.74) is 0. The quantitative estimate of drug-likeness (QED) is 0.280. The molecular formula is C24H40N4O6. The van der Waals surface area contributed by atoms with Gasteiger partial charge in [-0.3, -0.25) is 0 Å². The van der Waals surface area contributed by atoms with Gasteiger partial charge in [0, 0.05) is 24.2 Å². The van der Waals surface area contributed by atoms with Gasteiger partial charge in [-0.1, -0.05) is 38.5 Å². The predicted octanol–water partition coefficient (Wildman–Crippen LogP) is 2.67. The summed E-state index contributed by atoms with van der Waals surface area (Å²) in [5.74, 6) is -1.42. The molecule has 0 unspecified atom stereocenters. The van der Waals surface area contributed by atoms with E-state index in [0.29, 0.717) is 0 Å². The van der Waals surface area contributed by atoms with Gasteiger partial charge in [0.05, 0.1) is 12.1 Å². The first-order chi connectivity index (χ1) is 16.3. The highest BCUT2D eigenvalue weighted by Crippen LogP contribution is 2.17. The van der Waals surface area contributed by atoms with Crippen LogP contribution in [0.3, 0.4) is 0 Å². The molecule has 0 spiro atoms. The SMILES string of the molecule is C[C@H](COC(=O)/C=C/C(=O)OC[C@@H](C)NC(=O)NC1CCCCC1)NC(=O)NC1CCCCC1. The molecule has 2 aliphatic carbocycles. The molecule has 2 atom stereocenters. The number of esters is 2. The van der Waals surface area contributed by atoms with E-state index < -0.39 is 11.9 Å². The van der Waals surface area contributed by atoms with Crippen LogP contribution in [0.25, 0.3) is 0 Å². The largest absolute Gasteiger partial charge is 0.460 e. The standard InChI is InChI=1S/C24H40N4O6/c1-17(25-23(31)27-19-9-5-3-6-10-19)15-33-21(29)13-14-22(30)34-16-18(2)26-24(32)28-20-11-7-4-8-12-20/h13-14,17-20H,3-12,15-16H2,1-2H3,(H2,25,27,31)(H2,26,28,32)/b14-13+/t17-,18-/m1/s1. The molecule has 192 valence electrons. The third-order valence-corrected chi connectivity index (χ3v) is 5.94. The second kappa shape index (κ2) is 15.2. The number of rotatable bonds is 10. The summed E-state index contributed by atoms with van der Waals surface area (Å²) in [5, 5.41) is 11.4. The lowest BCUT2D eigenvalue weighted by Gasteiger charge is -2.24. The first-order valence-corrected chi connectivity index (χ1v) is 12.5. The van der Waals surface area contributed by atoms with Crippen molar-refractivity contribution in [3.05, 3.63) is 12.2 Å². The summed E-state index contributed by atoms with van der Waals surface area (Å²) in [4.78, 5) is 47.6. The molecule has 0 aliphatic heterocycles.